The number of imidazole rings is 1. The third-order valence-electron chi connectivity index (χ3n) is 6.38. The summed E-state index contributed by atoms with van der Waals surface area (Å²) in [6.45, 7) is 11.9. The summed E-state index contributed by atoms with van der Waals surface area (Å²) < 4.78 is 30.0. The van der Waals surface area contributed by atoms with Gasteiger partial charge < -0.3 is 4.57 Å². The van der Waals surface area contributed by atoms with Crippen molar-refractivity contribution in [3.63, 3.8) is 0 Å². The molecular formula is C22H34N4O2S. The van der Waals surface area contributed by atoms with Crippen LogP contribution in [0.3, 0.4) is 0 Å². The predicted molar refractivity (Wildman–Crippen MR) is 116 cm³/mol. The van der Waals surface area contributed by atoms with Gasteiger partial charge in [-0.2, -0.15) is 4.31 Å². The lowest BCUT2D eigenvalue weighted by molar-refractivity contribution is 0.130. The first kappa shape index (κ1) is 20.8. The molecule has 7 heteroatoms. The van der Waals surface area contributed by atoms with Crippen molar-refractivity contribution in [1.29, 1.82) is 0 Å². The topological polar surface area (TPSA) is 58.4 Å². The average Bonchev–Trinajstić information content (AvgIpc) is 3.03. The van der Waals surface area contributed by atoms with Crippen molar-refractivity contribution in [2.45, 2.75) is 64.4 Å². The molecule has 1 aromatic carbocycles. The Morgan fingerprint density at radius 2 is 1.76 bits per heavy atom. The molecule has 0 aliphatic carbocycles. The molecule has 2 saturated heterocycles. The van der Waals surface area contributed by atoms with E-state index in [1.807, 2.05) is 6.07 Å². The summed E-state index contributed by atoms with van der Waals surface area (Å²) in [6.07, 6.45) is 4.30. The zero-order valence-electron chi connectivity index (χ0n) is 18.0. The number of aryl methyl sites for hydroxylation is 1. The van der Waals surface area contributed by atoms with Crippen LogP contribution in [0.4, 0.5) is 0 Å². The second-order valence-electron chi connectivity index (χ2n) is 9.03. The highest BCUT2D eigenvalue weighted by molar-refractivity contribution is 7.89. The van der Waals surface area contributed by atoms with Crippen molar-refractivity contribution in [2.24, 2.45) is 11.8 Å². The summed E-state index contributed by atoms with van der Waals surface area (Å²) in [5.74, 6) is 2.45. The van der Waals surface area contributed by atoms with Crippen LogP contribution in [-0.2, 0) is 23.1 Å². The van der Waals surface area contributed by atoms with Gasteiger partial charge in [0, 0.05) is 32.7 Å². The van der Waals surface area contributed by atoms with Crippen LogP contribution < -0.4 is 0 Å². The van der Waals surface area contributed by atoms with Crippen LogP contribution in [0.5, 0.6) is 0 Å². The van der Waals surface area contributed by atoms with E-state index >= 15 is 0 Å². The Kier molecular flexibility index (Phi) is 6.00. The van der Waals surface area contributed by atoms with Gasteiger partial charge in [0.05, 0.1) is 22.5 Å². The molecule has 0 unspecified atom stereocenters. The molecule has 160 valence electrons. The van der Waals surface area contributed by atoms with E-state index in [1.165, 1.54) is 6.42 Å². The van der Waals surface area contributed by atoms with E-state index < -0.39 is 10.0 Å². The number of benzene rings is 1. The molecule has 2 aliphatic heterocycles. The Balaban J connectivity index is 1.64. The minimum absolute atomic E-state index is 0.374. The third kappa shape index (κ3) is 4.23. The molecule has 2 atom stereocenters. The second kappa shape index (κ2) is 8.36. The van der Waals surface area contributed by atoms with Crippen LogP contribution in [0.25, 0.3) is 11.0 Å². The highest BCUT2D eigenvalue weighted by Gasteiger charge is 2.27. The molecule has 1 aromatic heterocycles. The van der Waals surface area contributed by atoms with Crippen LogP contribution in [0.2, 0.25) is 0 Å². The first-order chi connectivity index (χ1) is 13.9. The van der Waals surface area contributed by atoms with E-state index in [2.05, 4.69) is 30.2 Å². The Morgan fingerprint density at radius 1 is 1.07 bits per heavy atom. The van der Waals surface area contributed by atoms with Gasteiger partial charge in [0.2, 0.25) is 10.0 Å². The number of hydrogen-bond acceptors (Lipinski definition) is 4. The van der Waals surface area contributed by atoms with E-state index in [0.29, 0.717) is 29.8 Å². The van der Waals surface area contributed by atoms with Crippen molar-refractivity contribution in [1.82, 2.24) is 18.8 Å². The normalized spacial score (nSPS) is 24.9. The Labute approximate surface area is 174 Å². The van der Waals surface area contributed by atoms with E-state index in [9.17, 15) is 8.42 Å². The molecule has 0 bridgehead atoms. The quantitative estimate of drug-likeness (QED) is 0.743. The molecule has 2 fully saturated rings. The molecule has 0 spiro atoms. The smallest absolute Gasteiger partial charge is 0.243 e. The number of sulfonamides is 1. The maximum atomic E-state index is 13.1. The van der Waals surface area contributed by atoms with Crippen molar-refractivity contribution in [2.75, 3.05) is 26.2 Å². The molecule has 4 rings (SSSR count). The summed E-state index contributed by atoms with van der Waals surface area (Å²) in [5, 5.41) is 0. The minimum Gasteiger partial charge on any atom is -0.327 e. The van der Waals surface area contributed by atoms with Crippen molar-refractivity contribution < 1.29 is 8.42 Å². The zero-order chi connectivity index (χ0) is 20.6. The fourth-order valence-corrected chi connectivity index (χ4v) is 6.71. The minimum atomic E-state index is -3.43. The molecule has 0 saturated carbocycles. The number of hydrogen-bond donors (Lipinski definition) is 0. The lowest BCUT2D eigenvalue weighted by Crippen LogP contribution is -2.38. The van der Waals surface area contributed by atoms with Crippen LogP contribution in [0.15, 0.2) is 23.1 Å². The Morgan fingerprint density at radius 3 is 2.41 bits per heavy atom. The van der Waals surface area contributed by atoms with Crippen molar-refractivity contribution in [3.05, 3.63) is 24.0 Å². The summed E-state index contributed by atoms with van der Waals surface area (Å²) in [6, 6.07) is 5.47. The Hall–Kier alpha value is -1.44. The largest absolute Gasteiger partial charge is 0.327 e. The number of piperidine rings is 2. The predicted octanol–water partition coefficient (Wildman–Crippen LogP) is 3.71. The van der Waals surface area contributed by atoms with E-state index in [-0.39, 0.29) is 0 Å². The first-order valence-corrected chi connectivity index (χ1v) is 12.5. The van der Waals surface area contributed by atoms with E-state index in [4.69, 9.17) is 4.98 Å². The molecule has 6 nitrogen and oxygen atoms in total. The lowest BCUT2D eigenvalue weighted by Gasteiger charge is -2.34. The van der Waals surface area contributed by atoms with Gasteiger partial charge in [-0.3, -0.25) is 4.90 Å². The summed E-state index contributed by atoms with van der Waals surface area (Å²) in [7, 11) is -3.43. The average molecular weight is 419 g/mol. The zero-order valence-corrected chi connectivity index (χ0v) is 18.8. The van der Waals surface area contributed by atoms with Gasteiger partial charge in [-0.05, 0) is 56.2 Å². The van der Waals surface area contributed by atoms with Crippen molar-refractivity contribution in [3.8, 4) is 0 Å². The van der Waals surface area contributed by atoms with Gasteiger partial charge in [-0.1, -0.05) is 20.3 Å². The summed E-state index contributed by atoms with van der Waals surface area (Å²) >= 11 is 0. The molecular weight excluding hydrogens is 384 g/mol. The van der Waals surface area contributed by atoms with Crippen LogP contribution in [-0.4, -0.2) is 53.4 Å². The fourth-order valence-electron chi connectivity index (χ4n) is 5.17. The van der Waals surface area contributed by atoms with Gasteiger partial charge in [-0.25, -0.2) is 13.4 Å². The molecule has 0 radical (unpaired) electrons. The number of fused-ring (bicyclic) bond motifs is 1. The summed E-state index contributed by atoms with van der Waals surface area (Å²) in [5.41, 5.74) is 1.82. The number of rotatable bonds is 5. The van der Waals surface area contributed by atoms with Gasteiger partial charge in [0.1, 0.15) is 5.82 Å². The molecule has 2 aliphatic rings. The van der Waals surface area contributed by atoms with Crippen LogP contribution >= 0.6 is 0 Å². The third-order valence-corrected chi connectivity index (χ3v) is 8.27. The summed E-state index contributed by atoms with van der Waals surface area (Å²) in [4.78, 5) is 7.76. The highest BCUT2D eigenvalue weighted by atomic mass is 32.2. The van der Waals surface area contributed by atoms with Gasteiger partial charge >= 0.3 is 0 Å². The van der Waals surface area contributed by atoms with Gasteiger partial charge in [-0.15, -0.1) is 0 Å². The molecule has 2 aromatic rings. The van der Waals surface area contributed by atoms with Gasteiger partial charge in [0.25, 0.3) is 0 Å². The number of aromatic nitrogens is 2. The highest BCUT2D eigenvalue weighted by Crippen LogP contribution is 2.27. The fraction of sp³-hybridized carbons (Fsp3) is 0.682. The molecule has 0 amide bonds. The first-order valence-electron chi connectivity index (χ1n) is 11.1. The monoisotopic (exact) mass is 418 g/mol. The maximum absolute atomic E-state index is 13.1. The number of nitrogens with zero attached hydrogens (tertiary/aromatic N) is 4. The standard InChI is InChI=1S/C22H34N4O2S/c1-4-26-21-9-8-19(29(27,28)25-10-6-5-7-11-25)13-20(21)23-22(26)16-24-14-17(2)12-18(3)15-24/h8-9,13,17-18H,4-7,10-12,14-16H2,1-3H3/t17-,18+. The maximum Gasteiger partial charge on any atom is 0.243 e. The number of likely N-dealkylation sites (tertiary alicyclic amines) is 1. The second-order valence-corrected chi connectivity index (χ2v) is 11.0. The van der Waals surface area contributed by atoms with Crippen LogP contribution in [0, 0.1) is 11.8 Å². The SMILES string of the molecule is CCn1c(CN2C[C@H](C)C[C@H](C)C2)nc2cc(S(=O)(=O)N3CCCCC3)ccc21. The molecule has 29 heavy (non-hydrogen) atoms. The van der Waals surface area contributed by atoms with Crippen molar-refractivity contribution >= 4 is 21.1 Å². The lowest BCUT2D eigenvalue weighted by atomic mass is 9.92. The van der Waals surface area contributed by atoms with E-state index in [0.717, 1.165) is 62.3 Å². The molecule has 0 N–H and O–H groups in total. The molecule has 3 heterocycles. The van der Waals surface area contributed by atoms with Crippen LogP contribution in [0.1, 0.15) is 52.3 Å². The van der Waals surface area contributed by atoms with Gasteiger partial charge in [0.15, 0.2) is 0 Å². The van der Waals surface area contributed by atoms with E-state index in [1.54, 1.807) is 16.4 Å². The Bertz CT molecular complexity index is 953.